The normalized spacial score (nSPS) is 10.8. The van der Waals surface area contributed by atoms with Gasteiger partial charge in [-0.05, 0) is 36.6 Å². The van der Waals surface area contributed by atoms with E-state index in [0.717, 1.165) is 16.5 Å². The third-order valence-corrected chi connectivity index (χ3v) is 3.65. The Kier molecular flexibility index (Phi) is 4.60. The number of anilines is 1. The standard InChI is InChI=1S/C15H16BrNO3/c1-3-9-7-11(16)6-5-10(9)8-17-12-13(18)14(19)15(12)20-4-2/h5-7,17H,3-4,8H2,1-2H3. The van der Waals surface area contributed by atoms with Crippen molar-refractivity contribution in [1.82, 2.24) is 0 Å². The van der Waals surface area contributed by atoms with Crippen molar-refractivity contribution < 1.29 is 4.74 Å². The molecule has 0 unspecified atom stereocenters. The molecule has 0 aliphatic carbocycles. The van der Waals surface area contributed by atoms with Crippen LogP contribution in [0.5, 0.6) is 5.75 Å². The largest absolute Gasteiger partial charge is 0.488 e. The number of hydrogen-bond donors (Lipinski definition) is 1. The Balaban J connectivity index is 2.16. The quantitative estimate of drug-likeness (QED) is 0.823. The number of aryl methyl sites for hydroxylation is 1. The smallest absolute Gasteiger partial charge is 0.272 e. The van der Waals surface area contributed by atoms with E-state index in [-0.39, 0.29) is 5.75 Å². The molecule has 106 valence electrons. The SMILES string of the molecule is CCOc1c(NCc2ccc(Br)cc2CC)c(=O)c1=O. The van der Waals surface area contributed by atoms with Gasteiger partial charge in [-0.15, -0.1) is 0 Å². The molecule has 0 saturated heterocycles. The second-order valence-corrected chi connectivity index (χ2v) is 5.33. The summed E-state index contributed by atoms with van der Waals surface area (Å²) in [5.41, 5.74) is 1.56. The minimum absolute atomic E-state index is 0.160. The third kappa shape index (κ3) is 2.77. The maximum absolute atomic E-state index is 11.5. The fraction of sp³-hybridized carbons (Fsp3) is 0.333. The molecule has 0 heterocycles. The molecule has 0 spiro atoms. The maximum atomic E-state index is 11.5. The molecule has 2 aromatic rings. The van der Waals surface area contributed by atoms with Gasteiger partial charge in [0.2, 0.25) is 0 Å². The molecule has 20 heavy (non-hydrogen) atoms. The number of ether oxygens (including phenoxy) is 1. The average molecular weight is 338 g/mol. The molecule has 0 aromatic heterocycles. The Labute approximate surface area is 125 Å². The fourth-order valence-electron chi connectivity index (χ4n) is 2.09. The van der Waals surface area contributed by atoms with E-state index in [0.29, 0.717) is 18.8 Å². The number of nitrogens with one attached hydrogen (secondary N) is 1. The predicted octanol–water partition coefficient (Wildman–Crippen LogP) is 2.62. The van der Waals surface area contributed by atoms with Crippen LogP contribution in [0, 0.1) is 0 Å². The van der Waals surface area contributed by atoms with E-state index in [1.54, 1.807) is 6.92 Å². The van der Waals surface area contributed by atoms with Gasteiger partial charge < -0.3 is 10.1 Å². The molecule has 0 bridgehead atoms. The Morgan fingerprint density at radius 2 is 1.90 bits per heavy atom. The van der Waals surface area contributed by atoms with E-state index in [2.05, 4.69) is 34.2 Å². The predicted molar refractivity (Wildman–Crippen MR) is 83.4 cm³/mol. The van der Waals surface area contributed by atoms with Crippen molar-refractivity contribution in [2.45, 2.75) is 26.8 Å². The van der Waals surface area contributed by atoms with Crippen LogP contribution in [0.2, 0.25) is 0 Å². The Morgan fingerprint density at radius 3 is 2.55 bits per heavy atom. The lowest BCUT2D eigenvalue weighted by atomic mass is 10.1. The van der Waals surface area contributed by atoms with Gasteiger partial charge in [0.25, 0.3) is 10.9 Å². The first-order valence-electron chi connectivity index (χ1n) is 6.55. The zero-order valence-corrected chi connectivity index (χ0v) is 13.0. The molecule has 0 fully saturated rings. The van der Waals surface area contributed by atoms with E-state index < -0.39 is 10.9 Å². The van der Waals surface area contributed by atoms with E-state index in [1.165, 1.54) is 5.56 Å². The highest BCUT2D eigenvalue weighted by Crippen LogP contribution is 2.21. The van der Waals surface area contributed by atoms with E-state index in [9.17, 15) is 9.59 Å². The molecule has 0 radical (unpaired) electrons. The molecular formula is C15H16BrNO3. The maximum Gasteiger partial charge on any atom is 0.272 e. The van der Waals surface area contributed by atoms with Crippen LogP contribution in [0.15, 0.2) is 32.3 Å². The summed E-state index contributed by atoms with van der Waals surface area (Å²) in [6, 6.07) is 6.02. The van der Waals surface area contributed by atoms with Crippen LogP contribution in [-0.2, 0) is 13.0 Å². The molecule has 5 heteroatoms. The minimum atomic E-state index is -0.541. The second kappa shape index (κ2) is 6.22. The van der Waals surface area contributed by atoms with Gasteiger partial charge in [0.1, 0.15) is 5.69 Å². The van der Waals surface area contributed by atoms with Gasteiger partial charge in [0.15, 0.2) is 5.75 Å². The average Bonchev–Trinajstić information content (AvgIpc) is 2.46. The summed E-state index contributed by atoms with van der Waals surface area (Å²) in [5.74, 6) is 0.160. The lowest BCUT2D eigenvalue weighted by molar-refractivity contribution is 0.334. The number of rotatable bonds is 6. The molecule has 0 aliphatic rings. The molecule has 0 amide bonds. The summed E-state index contributed by atoms with van der Waals surface area (Å²) in [6.45, 7) is 4.73. The summed E-state index contributed by atoms with van der Waals surface area (Å²) >= 11 is 3.44. The van der Waals surface area contributed by atoms with Crippen LogP contribution in [0.1, 0.15) is 25.0 Å². The van der Waals surface area contributed by atoms with Gasteiger partial charge in [-0.3, -0.25) is 9.59 Å². The highest BCUT2D eigenvalue weighted by molar-refractivity contribution is 9.10. The minimum Gasteiger partial charge on any atom is -0.488 e. The summed E-state index contributed by atoms with van der Waals surface area (Å²) in [5, 5.41) is 3.01. The second-order valence-electron chi connectivity index (χ2n) is 4.42. The Morgan fingerprint density at radius 1 is 1.15 bits per heavy atom. The first kappa shape index (κ1) is 14.8. The Bertz CT molecular complexity index is 687. The number of halogens is 1. The van der Waals surface area contributed by atoms with Gasteiger partial charge in [0, 0.05) is 11.0 Å². The van der Waals surface area contributed by atoms with E-state index in [4.69, 9.17) is 4.74 Å². The first-order chi connectivity index (χ1) is 9.58. The molecule has 0 aliphatic heterocycles. The molecule has 0 saturated carbocycles. The van der Waals surface area contributed by atoms with Gasteiger partial charge in [-0.2, -0.15) is 0 Å². The highest BCUT2D eigenvalue weighted by atomic mass is 79.9. The fourth-order valence-corrected chi connectivity index (χ4v) is 2.50. The van der Waals surface area contributed by atoms with Crippen LogP contribution in [0.3, 0.4) is 0 Å². The van der Waals surface area contributed by atoms with Gasteiger partial charge in [-0.25, -0.2) is 0 Å². The van der Waals surface area contributed by atoms with Crippen LogP contribution >= 0.6 is 15.9 Å². The molecule has 2 aromatic carbocycles. The Hall–Kier alpha value is -1.62. The van der Waals surface area contributed by atoms with Crippen LogP contribution < -0.4 is 20.9 Å². The van der Waals surface area contributed by atoms with Crippen molar-refractivity contribution >= 4 is 21.6 Å². The number of benzene rings is 1. The van der Waals surface area contributed by atoms with Gasteiger partial charge in [-0.1, -0.05) is 28.9 Å². The summed E-state index contributed by atoms with van der Waals surface area (Å²) in [4.78, 5) is 22.9. The van der Waals surface area contributed by atoms with E-state index in [1.807, 2.05) is 12.1 Å². The third-order valence-electron chi connectivity index (χ3n) is 3.16. The van der Waals surface area contributed by atoms with Crippen molar-refractivity contribution in [2.75, 3.05) is 11.9 Å². The zero-order valence-electron chi connectivity index (χ0n) is 11.5. The topological polar surface area (TPSA) is 55.4 Å². The molecule has 4 nitrogen and oxygen atoms in total. The van der Waals surface area contributed by atoms with Crippen LogP contribution in [-0.4, -0.2) is 6.61 Å². The van der Waals surface area contributed by atoms with Gasteiger partial charge >= 0.3 is 0 Å². The first-order valence-corrected chi connectivity index (χ1v) is 7.35. The van der Waals surface area contributed by atoms with Crippen molar-refractivity contribution in [3.05, 3.63) is 54.2 Å². The van der Waals surface area contributed by atoms with E-state index >= 15 is 0 Å². The van der Waals surface area contributed by atoms with Crippen LogP contribution in [0.25, 0.3) is 0 Å². The summed E-state index contributed by atoms with van der Waals surface area (Å²) in [7, 11) is 0. The molecular weight excluding hydrogens is 322 g/mol. The molecule has 1 N–H and O–H groups in total. The molecule has 2 rings (SSSR count). The van der Waals surface area contributed by atoms with Crippen LogP contribution in [0.4, 0.5) is 5.69 Å². The number of hydrogen-bond acceptors (Lipinski definition) is 4. The van der Waals surface area contributed by atoms with Gasteiger partial charge in [0.05, 0.1) is 6.61 Å². The lowest BCUT2D eigenvalue weighted by Gasteiger charge is -2.14. The van der Waals surface area contributed by atoms with Crippen molar-refractivity contribution in [3.63, 3.8) is 0 Å². The van der Waals surface area contributed by atoms with Crippen molar-refractivity contribution in [2.24, 2.45) is 0 Å². The summed E-state index contributed by atoms with van der Waals surface area (Å²) in [6.07, 6.45) is 0.903. The molecule has 0 atom stereocenters. The van der Waals surface area contributed by atoms with Crippen molar-refractivity contribution in [1.29, 1.82) is 0 Å². The lowest BCUT2D eigenvalue weighted by Crippen LogP contribution is -2.35. The zero-order chi connectivity index (χ0) is 14.7. The van der Waals surface area contributed by atoms with Crippen molar-refractivity contribution in [3.8, 4) is 5.75 Å². The highest BCUT2D eigenvalue weighted by Gasteiger charge is 2.21. The summed E-state index contributed by atoms with van der Waals surface area (Å²) < 4.78 is 6.21. The monoisotopic (exact) mass is 337 g/mol.